The highest BCUT2D eigenvalue weighted by atomic mass is 35.5. The van der Waals surface area contributed by atoms with Crippen molar-refractivity contribution < 1.29 is 17.0 Å². The van der Waals surface area contributed by atoms with Crippen LogP contribution in [0.2, 0.25) is 0 Å². The molecule has 0 aliphatic heterocycles. The van der Waals surface area contributed by atoms with Crippen LogP contribution in [0.1, 0.15) is 26.3 Å². The van der Waals surface area contributed by atoms with Crippen LogP contribution < -0.4 is 17.0 Å². The van der Waals surface area contributed by atoms with Crippen molar-refractivity contribution in [1.29, 1.82) is 0 Å². The number of aromatic nitrogens is 1. The first-order chi connectivity index (χ1) is 15.5. The Morgan fingerprint density at radius 1 is 0.576 bits per heavy atom. The molecule has 1 aromatic heterocycles. The minimum absolute atomic E-state index is 0. The SMILES string of the molecule is CC(C)(C)c1ccccc1-[n+]1c(-c2ccccc2)cc(-c2ccccc2)c2ccccc21.[Cl-]. The van der Waals surface area contributed by atoms with Gasteiger partial charge in [0.05, 0.1) is 5.39 Å². The summed E-state index contributed by atoms with van der Waals surface area (Å²) in [7, 11) is 0. The molecule has 164 valence electrons. The maximum absolute atomic E-state index is 2.44. The van der Waals surface area contributed by atoms with Gasteiger partial charge in [0.1, 0.15) is 0 Å². The summed E-state index contributed by atoms with van der Waals surface area (Å²) >= 11 is 0. The molecule has 0 saturated heterocycles. The van der Waals surface area contributed by atoms with Gasteiger partial charge in [-0.25, -0.2) is 0 Å². The second kappa shape index (κ2) is 9.21. The molecule has 0 atom stereocenters. The Balaban J connectivity index is 0.00000259. The summed E-state index contributed by atoms with van der Waals surface area (Å²) in [5.74, 6) is 0. The molecule has 0 saturated carbocycles. The van der Waals surface area contributed by atoms with Crippen LogP contribution in [0.5, 0.6) is 0 Å². The molecule has 33 heavy (non-hydrogen) atoms. The number of benzene rings is 4. The summed E-state index contributed by atoms with van der Waals surface area (Å²) < 4.78 is 2.44. The lowest BCUT2D eigenvalue weighted by Crippen LogP contribution is -3.00. The molecule has 1 heterocycles. The van der Waals surface area contributed by atoms with Crippen LogP contribution in [-0.2, 0) is 5.41 Å². The third kappa shape index (κ3) is 4.29. The van der Waals surface area contributed by atoms with Crippen LogP contribution in [0.4, 0.5) is 0 Å². The van der Waals surface area contributed by atoms with Gasteiger partial charge in [0.15, 0.2) is 0 Å². The molecule has 0 fully saturated rings. The van der Waals surface area contributed by atoms with E-state index in [1.54, 1.807) is 0 Å². The van der Waals surface area contributed by atoms with Crippen molar-refractivity contribution in [1.82, 2.24) is 0 Å². The van der Waals surface area contributed by atoms with Gasteiger partial charge in [0, 0.05) is 34.9 Å². The molecule has 0 radical (unpaired) electrons. The average molecular weight is 450 g/mol. The minimum Gasteiger partial charge on any atom is -1.00 e. The standard InChI is InChI=1S/C31H28N.ClH/c1-31(2,3)27-19-11-13-21-29(27)32-28-20-12-10-18-25(28)26(23-14-6-4-7-15-23)22-30(32)24-16-8-5-9-17-24;/h4-22H,1-3H3;1H/q+1;/p-1. The number of nitrogens with zero attached hydrogens (tertiary/aromatic N) is 1. The zero-order valence-electron chi connectivity index (χ0n) is 19.3. The fourth-order valence-corrected chi connectivity index (χ4v) is 4.55. The smallest absolute Gasteiger partial charge is 0.219 e. The molecule has 0 unspecified atom stereocenters. The molecule has 4 aromatic carbocycles. The van der Waals surface area contributed by atoms with E-state index in [-0.39, 0.29) is 17.8 Å². The molecule has 2 heteroatoms. The Morgan fingerprint density at radius 3 is 1.79 bits per heavy atom. The average Bonchev–Trinajstić information content (AvgIpc) is 2.83. The van der Waals surface area contributed by atoms with Crippen LogP contribution in [0, 0.1) is 0 Å². The predicted octanol–water partition coefficient (Wildman–Crippen LogP) is 4.75. The number of halogens is 1. The van der Waals surface area contributed by atoms with Crippen molar-refractivity contribution in [3.8, 4) is 28.1 Å². The monoisotopic (exact) mass is 449 g/mol. The summed E-state index contributed by atoms with van der Waals surface area (Å²) in [6, 6.07) is 41.3. The number of hydrogen-bond acceptors (Lipinski definition) is 0. The molecular weight excluding hydrogens is 422 g/mol. The van der Waals surface area contributed by atoms with Gasteiger partial charge in [0.2, 0.25) is 16.9 Å². The molecule has 0 bridgehead atoms. The highest BCUT2D eigenvalue weighted by Crippen LogP contribution is 2.34. The zero-order valence-corrected chi connectivity index (χ0v) is 20.1. The number of hydrogen-bond donors (Lipinski definition) is 0. The van der Waals surface area contributed by atoms with Crippen molar-refractivity contribution in [2.75, 3.05) is 0 Å². The highest BCUT2D eigenvalue weighted by Gasteiger charge is 2.29. The van der Waals surface area contributed by atoms with Crippen LogP contribution in [-0.4, -0.2) is 0 Å². The van der Waals surface area contributed by atoms with Crippen molar-refractivity contribution in [3.63, 3.8) is 0 Å². The molecule has 1 nitrogen and oxygen atoms in total. The van der Waals surface area contributed by atoms with E-state index in [4.69, 9.17) is 0 Å². The van der Waals surface area contributed by atoms with E-state index in [0.717, 1.165) is 0 Å². The second-order valence-corrected chi connectivity index (χ2v) is 9.30. The fourth-order valence-electron chi connectivity index (χ4n) is 4.55. The third-order valence-electron chi connectivity index (χ3n) is 6.06. The first-order valence-corrected chi connectivity index (χ1v) is 11.2. The van der Waals surface area contributed by atoms with E-state index in [2.05, 4.69) is 141 Å². The fraction of sp³-hybridized carbons (Fsp3) is 0.129. The van der Waals surface area contributed by atoms with Gasteiger partial charge in [-0.05, 0) is 29.2 Å². The third-order valence-corrected chi connectivity index (χ3v) is 6.06. The van der Waals surface area contributed by atoms with E-state index in [0.29, 0.717) is 0 Å². The summed E-state index contributed by atoms with van der Waals surface area (Å²) in [6.45, 7) is 6.86. The van der Waals surface area contributed by atoms with Gasteiger partial charge >= 0.3 is 0 Å². The molecular formula is C31H28ClN. The van der Waals surface area contributed by atoms with Crippen LogP contribution in [0.25, 0.3) is 39.0 Å². The predicted molar refractivity (Wildman–Crippen MR) is 135 cm³/mol. The molecule has 0 N–H and O–H groups in total. The van der Waals surface area contributed by atoms with E-state index in [1.165, 1.54) is 44.5 Å². The van der Waals surface area contributed by atoms with Gasteiger partial charge in [-0.15, -0.1) is 0 Å². The summed E-state index contributed by atoms with van der Waals surface area (Å²) in [5.41, 5.74) is 8.69. The maximum atomic E-state index is 2.44. The lowest BCUT2D eigenvalue weighted by atomic mass is 9.85. The van der Waals surface area contributed by atoms with Crippen molar-refractivity contribution in [3.05, 3.63) is 121 Å². The minimum atomic E-state index is 0. The van der Waals surface area contributed by atoms with Crippen molar-refractivity contribution >= 4 is 10.9 Å². The lowest BCUT2D eigenvalue weighted by Gasteiger charge is -2.21. The summed E-state index contributed by atoms with van der Waals surface area (Å²) in [4.78, 5) is 0. The number of para-hydroxylation sites is 2. The highest BCUT2D eigenvalue weighted by molar-refractivity contribution is 5.94. The van der Waals surface area contributed by atoms with Crippen molar-refractivity contribution in [2.45, 2.75) is 26.2 Å². The van der Waals surface area contributed by atoms with Crippen LogP contribution in [0.15, 0.2) is 115 Å². The van der Waals surface area contributed by atoms with E-state index >= 15 is 0 Å². The number of fused-ring (bicyclic) bond motifs is 1. The normalized spacial score (nSPS) is 11.2. The molecule has 0 aliphatic rings. The Hall–Kier alpha value is -3.42. The Kier molecular flexibility index (Phi) is 6.35. The molecule has 5 aromatic rings. The van der Waals surface area contributed by atoms with Gasteiger partial charge in [-0.3, -0.25) is 0 Å². The maximum Gasteiger partial charge on any atom is 0.219 e. The Labute approximate surface area is 202 Å². The molecule has 5 rings (SSSR count). The quantitative estimate of drug-likeness (QED) is 0.350. The van der Waals surface area contributed by atoms with Gasteiger partial charge in [-0.1, -0.05) is 99.6 Å². The first kappa shape index (κ1) is 22.8. The van der Waals surface area contributed by atoms with Gasteiger partial charge in [0.25, 0.3) is 0 Å². The molecule has 0 aliphatic carbocycles. The largest absolute Gasteiger partial charge is 1.00 e. The molecule has 0 amide bonds. The van der Waals surface area contributed by atoms with Crippen LogP contribution >= 0.6 is 0 Å². The Bertz CT molecular complexity index is 1380. The van der Waals surface area contributed by atoms with Gasteiger partial charge < -0.3 is 12.4 Å². The first-order valence-electron chi connectivity index (χ1n) is 11.2. The van der Waals surface area contributed by atoms with Crippen molar-refractivity contribution in [2.24, 2.45) is 0 Å². The molecule has 0 spiro atoms. The number of rotatable bonds is 3. The lowest BCUT2D eigenvalue weighted by molar-refractivity contribution is -0.555. The topological polar surface area (TPSA) is 3.88 Å². The number of pyridine rings is 1. The summed E-state index contributed by atoms with van der Waals surface area (Å²) in [5, 5.41) is 1.25. The second-order valence-electron chi connectivity index (χ2n) is 9.30. The van der Waals surface area contributed by atoms with Crippen LogP contribution in [0.3, 0.4) is 0 Å². The zero-order chi connectivity index (χ0) is 22.1. The van der Waals surface area contributed by atoms with E-state index < -0.39 is 0 Å². The Morgan fingerprint density at radius 2 is 1.12 bits per heavy atom. The van der Waals surface area contributed by atoms with E-state index in [1.807, 2.05) is 0 Å². The van der Waals surface area contributed by atoms with E-state index in [9.17, 15) is 0 Å². The summed E-state index contributed by atoms with van der Waals surface area (Å²) in [6.07, 6.45) is 0. The van der Waals surface area contributed by atoms with Gasteiger partial charge in [-0.2, -0.15) is 4.57 Å².